The third-order valence-corrected chi connectivity index (χ3v) is 5.25. The number of hydrogen-bond acceptors (Lipinski definition) is 2. The molecule has 4 aromatic carbocycles. The van der Waals surface area contributed by atoms with Crippen LogP contribution in [-0.2, 0) is 0 Å². The molecule has 4 rings (SSSR count). The van der Waals surface area contributed by atoms with Gasteiger partial charge in [0.15, 0.2) is 0 Å². The van der Waals surface area contributed by atoms with E-state index in [1.807, 2.05) is 72.8 Å². The van der Waals surface area contributed by atoms with Crippen LogP contribution in [-0.4, -0.2) is 10.2 Å². The maximum atomic E-state index is 10.7. The second-order valence-electron chi connectivity index (χ2n) is 5.93. The average molecular weight is 332 g/mol. The first kappa shape index (κ1) is 15.0. The van der Waals surface area contributed by atoms with Crippen molar-refractivity contribution >= 4 is 30.8 Å². The summed E-state index contributed by atoms with van der Waals surface area (Å²) in [6.45, 7) is 0. The van der Waals surface area contributed by atoms with Crippen LogP contribution in [0.15, 0.2) is 72.8 Å². The Morgan fingerprint density at radius 2 is 1.00 bits per heavy atom. The van der Waals surface area contributed by atoms with E-state index in [0.717, 1.165) is 32.7 Å². The molecule has 4 aromatic rings. The molecule has 1 atom stereocenters. The van der Waals surface area contributed by atoms with Crippen molar-refractivity contribution in [2.24, 2.45) is 0 Å². The summed E-state index contributed by atoms with van der Waals surface area (Å²) >= 11 is 0. The lowest BCUT2D eigenvalue weighted by Crippen LogP contribution is -1.95. The van der Waals surface area contributed by atoms with Crippen LogP contribution in [0.3, 0.4) is 0 Å². The van der Waals surface area contributed by atoms with Crippen LogP contribution in [0.5, 0.6) is 11.5 Å². The molecule has 0 aromatic heterocycles. The van der Waals surface area contributed by atoms with Crippen molar-refractivity contribution in [3.8, 4) is 11.5 Å². The normalized spacial score (nSPS) is 11.4. The van der Waals surface area contributed by atoms with Crippen molar-refractivity contribution in [1.29, 1.82) is 0 Å². The fourth-order valence-electron chi connectivity index (χ4n) is 3.21. The van der Waals surface area contributed by atoms with E-state index < -0.39 is 0 Å². The highest BCUT2D eigenvalue weighted by atomic mass is 31.0. The molecule has 0 spiro atoms. The molecule has 3 heteroatoms. The number of phenolic OH excluding ortho intramolecular Hbond substituents is 2. The fourth-order valence-corrected chi connectivity index (χ4v) is 3.75. The van der Waals surface area contributed by atoms with Gasteiger partial charge in [-0.3, -0.25) is 0 Å². The van der Waals surface area contributed by atoms with Gasteiger partial charge in [-0.05, 0) is 10.8 Å². The highest BCUT2D eigenvalue weighted by molar-refractivity contribution is 7.17. The largest absolute Gasteiger partial charge is 0.507 e. The quantitative estimate of drug-likeness (QED) is 0.485. The smallest absolute Gasteiger partial charge is 0.127 e. The third-order valence-electron chi connectivity index (χ3n) is 4.53. The van der Waals surface area contributed by atoms with Crippen molar-refractivity contribution in [1.82, 2.24) is 0 Å². The molecule has 0 bridgehead atoms. The zero-order chi connectivity index (χ0) is 16.7. The van der Waals surface area contributed by atoms with Crippen LogP contribution in [0.25, 0.3) is 21.5 Å². The summed E-state index contributed by atoms with van der Waals surface area (Å²) < 4.78 is 0. The minimum absolute atomic E-state index is 0.195. The molecule has 0 aliphatic carbocycles. The van der Waals surface area contributed by atoms with Crippen molar-refractivity contribution in [2.75, 3.05) is 0 Å². The third kappa shape index (κ3) is 2.31. The van der Waals surface area contributed by atoms with Gasteiger partial charge in [0, 0.05) is 27.6 Å². The minimum atomic E-state index is -0.195. The maximum absolute atomic E-state index is 10.7. The fraction of sp³-hybridized carbons (Fsp3) is 0.0476. The molecule has 0 heterocycles. The highest BCUT2D eigenvalue weighted by Gasteiger charge is 2.19. The summed E-state index contributed by atoms with van der Waals surface area (Å²) in [6, 6.07) is 23.3. The molecular formula is C21H17O2P. The lowest BCUT2D eigenvalue weighted by atomic mass is 9.96. The predicted molar refractivity (Wildman–Crippen MR) is 103 cm³/mol. The van der Waals surface area contributed by atoms with E-state index in [9.17, 15) is 10.2 Å². The van der Waals surface area contributed by atoms with Gasteiger partial charge in [-0.2, -0.15) is 0 Å². The van der Waals surface area contributed by atoms with E-state index >= 15 is 0 Å². The molecule has 0 amide bonds. The molecule has 1 unspecified atom stereocenters. The zero-order valence-corrected chi connectivity index (χ0v) is 14.1. The van der Waals surface area contributed by atoms with Gasteiger partial charge in [0.2, 0.25) is 0 Å². The first-order valence-electron chi connectivity index (χ1n) is 7.83. The van der Waals surface area contributed by atoms with E-state index in [0.29, 0.717) is 0 Å². The van der Waals surface area contributed by atoms with E-state index in [1.54, 1.807) is 0 Å². The van der Waals surface area contributed by atoms with Gasteiger partial charge >= 0.3 is 0 Å². The van der Waals surface area contributed by atoms with Crippen LogP contribution in [0.4, 0.5) is 0 Å². The number of aromatic hydroxyl groups is 2. The SMILES string of the molecule is Oc1c(C(P)c2ccc3ccccc3c2O)ccc2ccccc12. The molecule has 118 valence electrons. The van der Waals surface area contributed by atoms with Crippen molar-refractivity contribution < 1.29 is 10.2 Å². The Bertz CT molecular complexity index is 971. The average Bonchev–Trinajstić information content (AvgIpc) is 2.62. The molecule has 0 saturated heterocycles. The van der Waals surface area contributed by atoms with E-state index in [-0.39, 0.29) is 17.2 Å². The van der Waals surface area contributed by atoms with Crippen LogP contribution >= 0.6 is 9.24 Å². The van der Waals surface area contributed by atoms with Gasteiger partial charge in [0.25, 0.3) is 0 Å². The lowest BCUT2D eigenvalue weighted by molar-refractivity contribution is 0.469. The van der Waals surface area contributed by atoms with Crippen LogP contribution in [0, 0.1) is 0 Å². The van der Waals surface area contributed by atoms with Gasteiger partial charge in [-0.25, -0.2) is 0 Å². The Hall–Kier alpha value is -2.57. The number of fused-ring (bicyclic) bond motifs is 2. The summed E-state index contributed by atoms with van der Waals surface area (Å²) in [5.41, 5.74) is 1.37. The van der Waals surface area contributed by atoms with Crippen LogP contribution in [0.1, 0.15) is 16.8 Å². The first-order valence-corrected chi connectivity index (χ1v) is 8.50. The summed E-state index contributed by atoms with van der Waals surface area (Å²) in [7, 11) is 2.74. The molecule has 0 aliphatic rings. The monoisotopic (exact) mass is 332 g/mol. The van der Waals surface area contributed by atoms with Crippen LogP contribution in [0.2, 0.25) is 0 Å². The second kappa shape index (κ2) is 5.81. The molecule has 0 saturated carbocycles. The Labute approximate surface area is 142 Å². The number of phenols is 2. The standard InChI is InChI=1S/C21H17O2P/c22-19-15-7-3-1-5-13(15)9-11-17(19)21(24)18-12-10-14-6-2-4-8-16(14)20(18)23/h1-12,21-23H,24H2. The Morgan fingerprint density at radius 1 is 0.583 bits per heavy atom. The molecule has 0 fully saturated rings. The second-order valence-corrected chi connectivity index (χ2v) is 6.59. The van der Waals surface area contributed by atoms with Crippen LogP contribution < -0.4 is 0 Å². The highest BCUT2D eigenvalue weighted by Crippen LogP contribution is 2.44. The number of hydrogen-bond donors (Lipinski definition) is 2. The van der Waals surface area contributed by atoms with E-state index in [2.05, 4.69) is 9.24 Å². The Morgan fingerprint density at radius 3 is 1.46 bits per heavy atom. The van der Waals surface area contributed by atoms with E-state index in [4.69, 9.17) is 0 Å². The Kier molecular flexibility index (Phi) is 3.63. The summed E-state index contributed by atoms with van der Waals surface area (Å²) in [5, 5.41) is 25.0. The maximum Gasteiger partial charge on any atom is 0.127 e. The first-order chi connectivity index (χ1) is 11.7. The van der Waals surface area contributed by atoms with Gasteiger partial charge in [0.05, 0.1) is 0 Å². The van der Waals surface area contributed by atoms with Gasteiger partial charge in [-0.15, -0.1) is 9.24 Å². The predicted octanol–water partition coefficient (Wildman–Crippen LogP) is 5.37. The summed E-state index contributed by atoms with van der Waals surface area (Å²) in [4.78, 5) is 0. The zero-order valence-electron chi connectivity index (χ0n) is 13.0. The topological polar surface area (TPSA) is 40.5 Å². The van der Waals surface area contributed by atoms with E-state index in [1.165, 1.54) is 0 Å². The molecule has 0 radical (unpaired) electrons. The Balaban J connectivity index is 1.89. The van der Waals surface area contributed by atoms with Gasteiger partial charge in [-0.1, -0.05) is 72.8 Å². The molecule has 2 N–H and O–H groups in total. The lowest BCUT2D eigenvalue weighted by Gasteiger charge is -2.18. The summed E-state index contributed by atoms with van der Waals surface area (Å²) in [5.74, 6) is 0.529. The van der Waals surface area contributed by atoms with Gasteiger partial charge < -0.3 is 10.2 Å². The molecule has 24 heavy (non-hydrogen) atoms. The number of rotatable bonds is 2. The van der Waals surface area contributed by atoms with Crippen molar-refractivity contribution in [3.05, 3.63) is 83.9 Å². The van der Waals surface area contributed by atoms with Crippen molar-refractivity contribution in [3.63, 3.8) is 0 Å². The number of benzene rings is 4. The molecular weight excluding hydrogens is 315 g/mol. The van der Waals surface area contributed by atoms with Crippen molar-refractivity contribution in [2.45, 2.75) is 5.66 Å². The molecule has 2 nitrogen and oxygen atoms in total. The summed E-state index contributed by atoms with van der Waals surface area (Å²) in [6.07, 6.45) is 0. The molecule has 0 aliphatic heterocycles. The minimum Gasteiger partial charge on any atom is -0.507 e. The van der Waals surface area contributed by atoms with Gasteiger partial charge in [0.1, 0.15) is 11.5 Å².